The molecule has 0 radical (unpaired) electrons. The van der Waals surface area contributed by atoms with Crippen molar-refractivity contribution in [1.82, 2.24) is 4.40 Å². The Morgan fingerprint density at radius 1 is 1.08 bits per heavy atom. The summed E-state index contributed by atoms with van der Waals surface area (Å²) in [7, 11) is 1.74. The molecule has 0 spiro atoms. The fraction of sp³-hybridized carbons (Fsp3) is 0.250. The Bertz CT molecular complexity index is 844. The van der Waals surface area contributed by atoms with Gasteiger partial charge in [-0.15, -0.1) is 0 Å². The Kier molecular flexibility index (Phi) is 5.94. The van der Waals surface area contributed by atoms with Crippen LogP contribution in [0.2, 0.25) is 0 Å². The number of methoxy groups -OCH3 is 1. The highest BCUT2D eigenvalue weighted by atomic mass is 16.5. The van der Waals surface area contributed by atoms with Crippen molar-refractivity contribution >= 4 is 11.7 Å². The molecule has 24 heavy (non-hydrogen) atoms. The zero-order chi connectivity index (χ0) is 17.5. The van der Waals surface area contributed by atoms with Gasteiger partial charge in [-0.05, 0) is 42.2 Å². The van der Waals surface area contributed by atoms with Crippen LogP contribution in [0.4, 0.5) is 0 Å². The van der Waals surface area contributed by atoms with Gasteiger partial charge in [-0.2, -0.15) is 9.59 Å². The molecule has 3 aromatic rings. The highest BCUT2D eigenvalue weighted by Gasteiger charge is 2.16. The van der Waals surface area contributed by atoms with E-state index in [1.54, 1.807) is 7.11 Å². The number of carbonyl (C=O) groups excluding carboxylic acids is 2. The SMILES string of the molecule is CCc1c(C)c2c(OC)cccn2c1Cc1ccccc1.O=C=O. The molecule has 2 aromatic heterocycles. The first-order valence-electron chi connectivity index (χ1n) is 7.86. The van der Waals surface area contributed by atoms with E-state index in [9.17, 15) is 0 Å². The largest absolute Gasteiger partial charge is 0.495 e. The molecule has 0 fully saturated rings. The minimum atomic E-state index is 0.250. The number of aryl methyl sites for hydroxylation is 1. The zero-order valence-electron chi connectivity index (χ0n) is 14.2. The van der Waals surface area contributed by atoms with Crippen LogP contribution in [0.5, 0.6) is 5.75 Å². The fourth-order valence-corrected chi connectivity index (χ4v) is 3.20. The van der Waals surface area contributed by atoms with Crippen molar-refractivity contribution in [2.45, 2.75) is 26.7 Å². The number of nitrogens with zero attached hydrogens (tertiary/aromatic N) is 1. The summed E-state index contributed by atoms with van der Waals surface area (Å²) in [5, 5.41) is 0. The van der Waals surface area contributed by atoms with Gasteiger partial charge < -0.3 is 9.14 Å². The van der Waals surface area contributed by atoms with Gasteiger partial charge >= 0.3 is 6.15 Å². The molecular weight excluding hydrogens is 302 g/mol. The fourth-order valence-electron chi connectivity index (χ4n) is 3.20. The summed E-state index contributed by atoms with van der Waals surface area (Å²) in [6.07, 6.45) is 4.38. The van der Waals surface area contributed by atoms with E-state index >= 15 is 0 Å². The van der Waals surface area contributed by atoms with E-state index in [0.717, 1.165) is 18.6 Å². The molecule has 124 valence electrons. The van der Waals surface area contributed by atoms with Crippen molar-refractivity contribution in [2.24, 2.45) is 0 Å². The van der Waals surface area contributed by atoms with Crippen LogP contribution in [0.25, 0.3) is 5.52 Å². The van der Waals surface area contributed by atoms with Crippen LogP contribution in [0.3, 0.4) is 0 Å². The summed E-state index contributed by atoms with van der Waals surface area (Å²) in [6.45, 7) is 4.42. The maximum Gasteiger partial charge on any atom is 0.373 e. The quantitative estimate of drug-likeness (QED) is 0.733. The monoisotopic (exact) mass is 323 g/mol. The number of fused-ring (bicyclic) bond motifs is 1. The summed E-state index contributed by atoms with van der Waals surface area (Å²) in [5.41, 5.74) is 6.68. The predicted molar refractivity (Wildman–Crippen MR) is 92.3 cm³/mol. The number of rotatable bonds is 4. The molecule has 0 aliphatic carbocycles. The second-order valence-electron chi connectivity index (χ2n) is 5.44. The Labute approximate surface area is 141 Å². The number of hydrogen-bond donors (Lipinski definition) is 0. The van der Waals surface area contributed by atoms with E-state index in [2.05, 4.69) is 60.8 Å². The molecule has 0 saturated carbocycles. The van der Waals surface area contributed by atoms with E-state index in [-0.39, 0.29) is 6.15 Å². The van der Waals surface area contributed by atoms with E-state index in [1.807, 2.05) is 6.07 Å². The maximum atomic E-state index is 8.12. The van der Waals surface area contributed by atoms with Gasteiger partial charge in [0.25, 0.3) is 0 Å². The van der Waals surface area contributed by atoms with Gasteiger partial charge in [-0.25, -0.2) is 0 Å². The number of hydrogen-bond acceptors (Lipinski definition) is 3. The Balaban J connectivity index is 0.000000647. The van der Waals surface area contributed by atoms with Gasteiger partial charge in [0.15, 0.2) is 0 Å². The van der Waals surface area contributed by atoms with Crippen LogP contribution in [-0.4, -0.2) is 17.7 Å². The summed E-state index contributed by atoms with van der Waals surface area (Å²) < 4.78 is 7.84. The van der Waals surface area contributed by atoms with Crippen molar-refractivity contribution in [3.63, 3.8) is 0 Å². The smallest absolute Gasteiger partial charge is 0.373 e. The second-order valence-corrected chi connectivity index (χ2v) is 5.44. The minimum Gasteiger partial charge on any atom is -0.495 e. The Hall–Kier alpha value is -2.84. The van der Waals surface area contributed by atoms with E-state index in [4.69, 9.17) is 14.3 Å². The lowest BCUT2D eigenvalue weighted by Crippen LogP contribution is -1.98. The molecule has 1 aromatic carbocycles. The predicted octanol–water partition coefficient (Wildman–Crippen LogP) is 3.83. The van der Waals surface area contributed by atoms with Gasteiger partial charge in [-0.3, -0.25) is 0 Å². The summed E-state index contributed by atoms with van der Waals surface area (Å²) in [5.74, 6) is 0.948. The summed E-state index contributed by atoms with van der Waals surface area (Å²) in [6, 6.07) is 14.7. The molecule has 0 aliphatic rings. The normalized spacial score (nSPS) is 9.96. The van der Waals surface area contributed by atoms with Crippen LogP contribution in [0, 0.1) is 6.92 Å². The molecule has 0 bridgehead atoms. The molecule has 3 rings (SSSR count). The second kappa shape index (κ2) is 8.14. The van der Waals surface area contributed by atoms with Crippen LogP contribution in [-0.2, 0) is 22.4 Å². The average molecular weight is 323 g/mol. The molecule has 0 unspecified atom stereocenters. The molecule has 0 saturated heterocycles. The van der Waals surface area contributed by atoms with E-state index in [1.165, 1.54) is 27.9 Å². The highest BCUT2D eigenvalue weighted by molar-refractivity contribution is 5.70. The molecule has 4 nitrogen and oxygen atoms in total. The third-order valence-electron chi connectivity index (χ3n) is 4.19. The lowest BCUT2D eigenvalue weighted by atomic mass is 10.0. The average Bonchev–Trinajstić information content (AvgIpc) is 2.88. The van der Waals surface area contributed by atoms with Crippen molar-refractivity contribution < 1.29 is 14.3 Å². The van der Waals surface area contributed by atoms with Crippen LogP contribution >= 0.6 is 0 Å². The van der Waals surface area contributed by atoms with Gasteiger partial charge in [0, 0.05) is 18.3 Å². The summed E-state index contributed by atoms with van der Waals surface area (Å²) >= 11 is 0. The lowest BCUT2D eigenvalue weighted by molar-refractivity contribution is -0.191. The minimum absolute atomic E-state index is 0.250. The molecular formula is C20H21NO3. The topological polar surface area (TPSA) is 47.8 Å². The first kappa shape index (κ1) is 17.5. The zero-order valence-corrected chi connectivity index (χ0v) is 14.2. The lowest BCUT2D eigenvalue weighted by Gasteiger charge is -2.07. The molecule has 0 atom stereocenters. The van der Waals surface area contributed by atoms with Crippen LogP contribution in [0.15, 0.2) is 48.7 Å². The van der Waals surface area contributed by atoms with Gasteiger partial charge in [0.2, 0.25) is 0 Å². The van der Waals surface area contributed by atoms with Gasteiger partial charge in [-0.1, -0.05) is 37.3 Å². The Morgan fingerprint density at radius 2 is 1.75 bits per heavy atom. The van der Waals surface area contributed by atoms with Gasteiger partial charge in [0.05, 0.1) is 12.6 Å². The third kappa shape index (κ3) is 3.39. The van der Waals surface area contributed by atoms with Crippen LogP contribution in [0.1, 0.15) is 29.3 Å². The number of benzene rings is 1. The first-order chi connectivity index (χ1) is 11.7. The van der Waals surface area contributed by atoms with E-state index < -0.39 is 0 Å². The van der Waals surface area contributed by atoms with Crippen molar-refractivity contribution in [3.8, 4) is 5.75 Å². The molecule has 0 aliphatic heterocycles. The molecule has 0 N–H and O–H groups in total. The summed E-state index contributed by atoms with van der Waals surface area (Å²) in [4.78, 5) is 16.2. The van der Waals surface area contributed by atoms with Crippen LogP contribution < -0.4 is 4.74 Å². The van der Waals surface area contributed by atoms with E-state index in [0.29, 0.717) is 0 Å². The van der Waals surface area contributed by atoms with Crippen molar-refractivity contribution in [2.75, 3.05) is 7.11 Å². The molecule has 0 amide bonds. The third-order valence-corrected chi connectivity index (χ3v) is 4.19. The number of pyridine rings is 1. The molecule has 4 heteroatoms. The highest BCUT2D eigenvalue weighted by Crippen LogP contribution is 2.31. The van der Waals surface area contributed by atoms with Crippen molar-refractivity contribution in [3.05, 3.63) is 71.0 Å². The first-order valence-corrected chi connectivity index (χ1v) is 7.86. The number of aromatic nitrogens is 1. The number of ether oxygens (including phenoxy) is 1. The van der Waals surface area contributed by atoms with Gasteiger partial charge in [0.1, 0.15) is 5.75 Å². The molecule has 2 heterocycles. The maximum absolute atomic E-state index is 8.12. The Morgan fingerprint density at radius 3 is 2.33 bits per heavy atom. The van der Waals surface area contributed by atoms with Crippen molar-refractivity contribution in [1.29, 1.82) is 0 Å². The standard InChI is InChI=1S/C19H21NO.CO2/c1-4-16-14(2)19-18(21-3)11-8-12-20(19)17(16)13-15-9-6-5-7-10-15;2-1-3/h5-12H,4,13H2,1-3H3;.